The third-order valence-corrected chi connectivity index (χ3v) is 4.19. The summed E-state index contributed by atoms with van der Waals surface area (Å²) in [6, 6.07) is 0. The molecule has 0 aliphatic rings. The van der Waals surface area contributed by atoms with Gasteiger partial charge in [-0.15, -0.1) is 11.6 Å². The molecule has 0 saturated carbocycles. The Morgan fingerprint density at radius 3 is 1.42 bits per heavy atom. The summed E-state index contributed by atoms with van der Waals surface area (Å²) < 4.78 is 1.29. The first-order valence-electron chi connectivity index (χ1n) is 8.15. The van der Waals surface area contributed by atoms with Gasteiger partial charge in [0, 0.05) is 0 Å². The zero-order valence-corrected chi connectivity index (χ0v) is 14.9. The number of hydrogen-bond acceptors (Lipinski definition) is 0. The van der Waals surface area contributed by atoms with E-state index in [0.717, 1.165) is 5.88 Å². The fourth-order valence-electron chi connectivity index (χ4n) is 2.74. The van der Waals surface area contributed by atoms with E-state index in [1.165, 1.54) is 82.0 Å². The highest BCUT2D eigenvalue weighted by molar-refractivity contribution is 6.17. The maximum atomic E-state index is 6.07. The molecule has 0 amide bonds. The van der Waals surface area contributed by atoms with Crippen LogP contribution in [0.2, 0.25) is 0 Å². The standard InChI is InChI=1S/C16H35ClN.ClH/c1-4-7-10-14-18(16-12-17,13-9-6-3)15-11-8-5-2;/h4-16H2,1-3H3;1H/q+1;/p-1. The molecule has 0 rings (SSSR count). The van der Waals surface area contributed by atoms with Crippen molar-refractivity contribution in [2.45, 2.75) is 72.1 Å². The molecule has 0 N–H and O–H groups in total. The summed E-state index contributed by atoms with van der Waals surface area (Å²) in [5.74, 6) is 0.821. The Morgan fingerprint density at radius 1 is 0.632 bits per heavy atom. The molecule has 0 aliphatic carbocycles. The first kappa shape index (κ1) is 21.8. The van der Waals surface area contributed by atoms with E-state index in [-0.39, 0.29) is 12.4 Å². The van der Waals surface area contributed by atoms with Gasteiger partial charge < -0.3 is 16.9 Å². The van der Waals surface area contributed by atoms with E-state index in [9.17, 15) is 0 Å². The lowest BCUT2D eigenvalue weighted by Gasteiger charge is -2.39. The Bertz CT molecular complexity index is 164. The number of halogens is 2. The Morgan fingerprint density at radius 2 is 1.05 bits per heavy atom. The summed E-state index contributed by atoms with van der Waals surface area (Å²) >= 11 is 6.07. The minimum Gasteiger partial charge on any atom is -1.00 e. The van der Waals surface area contributed by atoms with E-state index in [2.05, 4.69) is 20.8 Å². The molecule has 0 radical (unpaired) electrons. The lowest BCUT2D eigenvalue weighted by Crippen LogP contribution is -3.00. The quantitative estimate of drug-likeness (QED) is 0.278. The third kappa shape index (κ3) is 10.9. The maximum Gasteiger partial charge on any atom is 0.0924 e. The SMILES string of the molecule is CCCCC[N+](CCCl)(CCCC)CCCCC.[Cl-]. The average molecular weight is 312 g/mol. The van der Waals surface area contributed by atoms with Gasteiger partial charge in [-0.2, -0.15) is 0 Å². The number of rotatable bonds is 13. The van der Waals surface area contributed by atoms with Gasteiger partial charge in [0.25, 0.3) is 0 Å². The van der Waals surface area contributed by atoms with Crippen LogP contribution in [0.5, 0.6) is 0 Å². The van der Waals surface area contributed by atoms with E-state index in [1.54, 1.807) is 0 Å². The molecule has 0 aliphatic heterocycles. The van der Waals surface area contributed by atoms with Gasteiger partial charge in [-0.3, -0.25) is 0 Å². The lowest BCUT2D eigenvalue weighted by molar-refractivity contribution is -0.926. The van der Waals surface area contributed by atoms with Gasteiger partial charge in [0.2, 0.25) is 0 Å². The van der Waals surface area contributed by atoms with Gasteiger partial charge in [0.15, 0.2) is 0 Å². The molecule has 3 heteroatoms. The van der Waals surface area contributed by atoms with Crippen molar-refractivity contribution in [1.82, 2.24) is 0 Å². The molecule has 0 aromatic rings. The third-order valence-electron chi connectivity index (χ3n) is 4.02. The molecule has 0 aromatic heterocycles. The molecule has 0 spiro atoms. The largest absolute Gasteiger partial charge is 1.00 e. The van der Waals surface area contributed by atoms with Gasteiger partial charge in [0.05, 0.1) is 32.1 Å². The summed E-state index contributed by atoms with van der Waals surface area (Å²) in [4.78, 5) is 0. The topological polar surface area (TPSA) is 0 Å². The number of quaternary nitrogens is 1. The smallest absolute Gasteiger partial charge is 0.0924 e. The van der Waals surface area contributed by atoms with E-state index in [0.29, 0.717) is 0 Å². The molecule has 0 saturated heterocycles. The molecule has 0 unspecified atom stereocenters. The Balaban J connectivity index is 0. The minimum absolute atomic E-state index is 0. The van der Waals surface area contributed by atoms with Crippen molar-refractivity contribution in [3.05, 3.63) is 0 Å². The van der Waals surface area contributed by atoms with Crippen LogP contribution >= 0.6 is 11.6 Å². The second-order valence-electron chi connectivity index (χ2n) is 5.69. The molecule has 0 bridgehead atoms. The average Bonchev–Trinajstić information content (AvgIpc) is 2.37. The van der Waals surface area contributed by atoms with Gasteiger partial charge in [0.1, 0.15) is 0 Å². The normalized spacial score (nSPS) is 11.4. The number of alkyl halides is 1. The molecule has 0 fully saturated rings. The summed E-state index contributed by atoms with van der Waals surface area (Å²) in [5, 5.41) is 0. The zero-order chi connectivity index (χ0) is 13.7. The van der Waals surface area contributed by atoms with E-state index in [1.807, 2.05) is 0 Å². The maximum absolute atomic E-state index is 6.07. The van der Waals surface area contributed by atoms with E-state index in [4.69, 9.17) is 11.6 Å². The highest BCUT2D eigenvalue weighted by Crippen LogP contribution is 2.16. The van der Waals surface area contributed by atoms with Crippen molar-refractivity contribution in [1.29, 1.82) is 0 Å². The van der Waals surface area contributed by atoms with Crippen molar-refractivity contribution in [3.8, 4) is 0 Å². The van der Waals surface area contributed by atoms with Gasteiger partial charge in [-0.05, 0) is 32.1 Å². The molecular formula is C16H35Cl2N. The molecule has 0 atom stereocenters. The zero-order valence-electron chi connectivity index (χ0n) is 13.4. The number of nitrogens with zero attached hydrogens (tertiary/aromatic N) is 1. The van der Waals surface area contributed by atoms with Crippen molar-refractivity contribution in [2.24, 2.45) is 0 Å². The summed E-state index contributed by atoms with van der Waals surface area (Å²) in [6.07, 6.45) is 10.8. The Labute approximate surface area is 133 Å². The summed E-state index contributed by atoms with van der Waals surface area (Å²) in [5.41, 5.74) is 0. The second-order valence-corrected chi connectivity index (χ2v) is 6.07. The predicted molar refractivity (Wildman–Crippen MR) is 84.4 cm³/mol. The Hall–Kier alpha value is 0.540. The van der Waals surface area contributed by atoms with Crippen LogP contribution in [0, 0.1) is 0 Å². The van der Waals surface area contributed by atoms with Crippen LogP contribution in [0.4, 0.5) is 0 Å². The van der Waals surface area contributed by atoms with E-state index >= 15 is 0 Å². The first-order valence-corrected chi connectivity index (χ1v) is 8.69. The van der Waals surface area contributed by atoms with Crippen LogP contribution in [0.1, 0.15) is 72.1 Å². The van der Waals surface area contributed by atoms with E-state index < -0.39 is 0 Å². The van der Waals surface area contributed by atoms with Gasteiger partial charge in [-0.1, -0.05) is 40.0 Å². The second kappa shape index (κ2) is 14.9. The molecule has 0 aromatic carbocycles. The summed E-state index contributed by atoms with van der Waals surface area (Å²) in [7, 11) is 0. The van der Waals surface area contributed by atoms with Crippen molar-refractivity contribution < 1.29 is 16.9 Å². The first-order chi connectivity index (χ1) is 8.74. The number of unbranched alkanes of at least 4 members (excludes halogenated alkanes) is 5. The number of hydrogen-bond donors (Lipinski definition) is 0. The predicted octanol–water partition coefficient (Wildman–Crippen LogP) is 2.23. The molecule has 1 nitrogen and oxygen atoms in total. The van der Waals surface area contributed by atoms with Crippen LogP contribution < -0.4 is 12.4 Å². The molecular weight excluding hydrogens is 277 g/mol. The Kier molecular flexibility index (Phi) is 17.2. The minimum atomic E-state index is 0. The highest BCUT2D eigenvalue weighted by atomic mass is 35.5. The van der Waals surface area contributed by atoms with Crippen LogP contribution in [-0.4, -0.2) is 36.5 Å². The fraction of sp³-hybridized carbons (Fsp3) is 1.00. The van der Waals surface area contributed by atoms with Crippen LogP contribution in [0.3, 0.4) is 0 Å². The van der Waals surface area contributed by atoms with Crippen LogP contribution in [-0.2, 0) is 0 Å². The van der Waals surface area contributed by atoms with Crippen LogP contribution in [0.15, 0.2) is 0 Å². The van der Waals surface area contributed by atoms with Crippen molar-refractivity contribution in [2.75, 3.05) is 32.1 Å². The highest BCUT2D eigenvalue weighted by Gasteiger charge is 2.24. The van der Waals surface area contributed by atoms with Gasteiger partial charge >= 0.3 is 0 Å². The monoisotopic (exact) mass is 311 g/mol. The fourth-order valence-corrected chi connectivity index (χ4v) is 3.10. The van der Waals surface area contributed by atoms with Crippen molar-refractivity contribution in [3.63, 3.8) is 0 Å². The summed E-state index contributed by atoms with van der Waals surface area (Å²) in [6.45, 7) is 12.1. The molecule has 19 heavy (non-hydrogen) atoms. The lowest BCUT2D eigenvalue weighted by atomic mass is 10.1. The van der Waals surface area contributed by atoms with Crippen LogP contribution in [0.25, 0.3) is 0 Å². The van der Waals surface area contributed by atoms with Crippen molar-refractivity contribution >= 4 is 11.6 Å². The molecule has 0 heterocycles. The van der Waals surface area contributed by atoms with Gasteiger partial charge in [-0.25, -0.2) is 0 Å². The molecule has 118 valence electrons.